The quantitative estimate of drug-likeness (QED) is 0.566. The molecule has 0 heterocycles. The molecule has 2 aromatic carbocycles. The summed E-state index contributed by atoms with van der Waals surface area (Å²) in [6, 6.07) is 13.4. The van der Waals surface area contributed by atoms with E-state index in [1.807, 2.05) is 49.4 Å². The van der Waals surface area contributed by atoms with Gasteiger partial charge in [0, 0.05) is 20.6 Å². The maximum absolute atomic E-state index is 12.1. The Balaban J connectivity index is 2.16. The van der Waals surface area contributed by atoms with Crippen molar-refractivity contribution in [3.63, 3.8) is 0 Å². The van der Waals surface area contributed by atoms with Gasteiger partial charge in [-0.25, -0.2) is 0 Å². The lowest BCUT2D eigenvalue weighted by Crippen LogP contribution is -2.03. The molecule has 1 nitrogen and oxygen atoms in total. The van der Waals surface area contributed by atoms with E-state index in [1.165, 1.54) is 0 Å². The van der Waals surface area contributed by atoms with Crippen LogP contribution in [0.2, 0.25) is 5.02 Å². The summed E-state index contributed by atoms with van der Waals surface area (Å²) in [6.45, 7) is 1.95. The fourth-order valence-corrected chi connectivity index (χ4v) is 2.23. The van der Waals surface area contributed by atoms with Gasteiger partial charge in [0.05, 0.1) is 0 Å². The summed E-state index contributed by atoms with van der Waals surface area (Å²) >= 11 is 8.27. The summed E-state index contributed by atoms with van der Waals surface area (Å²) < 4.78 is 1.13. The third kappa shape index (κ3) is 3.33. The highest BCUT2D eigenvalue weighted by atomic mass is 127. The topological polar surface area (TPSA) is 17.1 Å². The van der Waals surface area contributed by atoms with Crippen molar-refractivity contribution in [3.05, 3.63) is 67.7 Å². The van der Waals surface area contributed by atoms with E-state index in [0.717, 1.165) is 20.3 Å². The lowest BCUT2D eigenvalue weighted by Gasteiger charge is -2.04. The zero-order valence-electron chi connectivity index (χ0n) is 9.91. The SMILES string of the molecule is Cc1ccc(CC(=O)c2ccc(I)cc2)cc1Cl. The Morgan fingerprint density at radius 1 is 1.17 bits per heavy atom. The number of rotatable bonds is 3. The molecule has 3 heteroatoms. The van der Waals surface area contributed by atoms with Gasteiger partial charge in [0.25, 0.3) is 0 Å². The Bertz CT molecular complexity index is 576. The Hall–Kier alpha value is -0.870. The molecule has 0 saturated heterocycles. The zero-order valence-corrected chi connectivity index (χ0v) is 12.8. The number of hydrogen-bond donors (Lipinski definition) is 0. The lowest BCUT2D eigenvalue weighted by atomic mass is 10.0. The van der Waals surface area contributed by atoms with Crippen LogP contribution in [-0.2, 0) is 6.42 Å². The zero-order chi connectivity index (χ0) is 13.1. The van der Waals surface area contributed by atoms with Crippen LogP contribution in [0.3, 0.4) is 0 Å². The first-order valence-corrected chi connectivity index (χ1v) is 7.06. The Morgan fingerprint density at radius 3 is 2.44 bits per heavy atom. The highest BCUT2D eigenvalue weighted by molar-refractivity contribution is 14.1. The first kappa shape index (κ1) is 13.6. The molecule has 0 aromatic heterocycles. The number of Topliss-reactive ketones (excluding diaryl/α,β-unsaturated/α-hetero) is 1. The van der Waals surface area contributed by atoms with Gasteiger partial charge in [-0.3, -0.25) is 4.79 Å². The summed E-state index contributed by atoms with van der Waals surface area (Å²) in [7, 11) is 0. The van der Waals surface area contributed by atoms with Crippen molar-refractivity contribution in [2.45, 2.75) is 13.3 Å². The van der Waals surface area contributed by atoms with E-state index in [-0.39, 0.29) is 5.78 Å². The van der Waals surface area contributed by atoms with E-state index < -0.39 is 0 Å². The van der Waals surface area contributed by atoms with E-state index in [4.69, 9.17) is 11.6 Å². The molecule has 0 atom stereocenters. The van der Waals surface area contributed by atoms with E-state index in [1.54, 1.807) is 0 Å². The number of benzene rings is 2. The number of hydrogen-bond acceptors (Lipinski definition) is 1. The van der Waals surface area contributed by atoms with E-state index in [2.05, 4.69) is 22.6 Å². The van der Waals surface area contributed by atoms with Crippen LogP contribution in [0.1, 0.15) is 21.5 Å². The number of halogens is 2. The second-order valence-electron chi connectivity index (χ2n) is 4.19. The predicted octanol–water partition coefficient (Wildman–Crippen LogP) is 4.68. The minimum atomic E-state index is 0.117. The van der Waals surface area contributed by atoms with Crippen LogP contribution >= 0.6 is 34.2 Å². The van der Waals surface area contributed by atoms with Gasteiger partial charge in [0.15, 0.2) is 5.78 Å². The highest BCUT2D eigenvalue weighted by Gasteiger charge is 2.07. The second-order valence-corrected chi connectivity index (χ2v) is 5.84. The largest absolute Gasteiger partial charge is 0.294 e. The predicted molar refractivity (Wildman–Crippen MR) is 83.4 cm³/mol. The monoisotopic (exact) mass is 370 g/mol. The second kappa shape index (κ2) is 5.85. The lowest BCUT2D eigenvalue weighted by molar-refractivity contribution is 0.0993. The van der Waals surface area contributed by atoms with E-state index in [0.29, 0.717) is 11.4 Å². The molecule has 0 aliphatic carbocycles. The summed E-state index contributed by atoms with van der Waals surface area (Å²) in [4.78, 5) is 12.1. The average Bonchev–Trinajstić information content (AvgIpc) is 2.34. The molecule has 0 bridgehead atoms. The summed E-state index contributed by atoms with van der Waals surface area (Å²) in [5.41, 5.74) is 2.73. The maximum atomic E-state index is 12.1. The van der Waals surface area contributed by atoms with Crippen LogP contribution in [0.25, 0.3) is 0 Å². The third-order valence-electron chi connectivity index (χ3n) is 2.77. The average molecular weight is 371 g/mol. The molecule has 0 spiro atoms. The van der Waals surface area contributed by atoms with Crippen molar-refractivity contribution in [2.24, 2.45) is 0 Å². The molecule has 0 radical (unpaired) electrons. The molecule has 0 aliphatic rings. The van der Waals surface area contributed by atoms with Gasteiger partial charge in [-0.1, -0.05) is 35.9 Å². The van der Waals surface area contributed by atoms with Crippen LogP contribution in [0.5, 0.6) is 0 Å². The molecule has 92 valence electrons. The fraction of sp³-hybridized carbons (Fsp3) is 0.133. The van der Waals surface area contributed by atoms with Gasteiger partial charge >= 0.3 is 0 Å². The van der Waals surface area contributed by atoms with E-state index >= 15 is 0 Å². The number of aryl methyl sites for hydroxylation is 1. The van der Waals surface area contributed by atoms with Crippen LogP contribution < -0.4 is 0 Å². The van der Waals surface area contributed by atoms with Crippen molar-refractivity contribution in [1.29, 1.82) is 0 Å². The Morgan fingerprint density at radius 2 is 1.83 bits per heavy atom. The number of ketones is 1. The molecule has 0 unspecified atom stereocenters. The Kier molecular flexibility index (Phi) is 4.40. The molecule has 0 saturated carbocycles. The maximum Gasteiger partial charge on any atom is 0.167 e. The Labute approximate surface area is 125 Å². The van der Waals surface area contributed by atoms with Crippen molar-refractivity contribution in [2.75, 3.05) is 0 Å². The summed E-state index contributed by atoms with van der Waals surface area (Å²) in [5, 5.41) is 0.711. The molecule has 0 fully saturated rings. The third-order valence-corrected chi connectivity index (χ3v) is 3.89. The molecular weight excluding hydrogens is 359 g/mol. The summed E-state index contributed by atoms with van der Waals surface area (Å²) in [6.07, 6.45) is 0.389. The van der Waals surface area contributed by atoms with Crippen molar-refractivity contribution in [3.8, 4) is 0 Å². The molecular formula is C15H12ClIO. The molecule has 18 heavy (non-hydrogen) atoms. The number of carbonyl (C=O) groups excluding carboxylic acids is 1. The number of carbonyl (C=O) groups is 1. The van der Waals surface area contributed by atoms with Gasteiger partial charge in [0.2, 0.25) is 0 Å². The highest BCUT2D eigenvalue weighted by Crippen LogP contribution is 2.18. The minimum absolute atomic E-state index is 0.117. The van der Waals surface area contributed by atoms with Crippen LogP contribution in [-0.4, -0.2) is 5.78 Å². The molecule has 0 aliphatic heterocycles. The molecule has 2 rings (SSSR count). The minimum Gasteiger partial charge on any atom is -0.294 e. The van der Waals surface area contributed by atoms with Crippen molar-refractivity contribution >= 4 is 40.0 Å². The smallest absolute Gasteiger partial charge is 0.167 e. The van der Waals surface area contributed by atoms with E-state index in [9.17, 15) is 4.79 Å². The normalized spacial score (nSPS) is 10.4. The first-order chi connectivity index (χ1) is 8.56. The van der Waals surface area contributed by atoms with Gasteiger partial charge in [-0.2, -0.15) is 0 Å². The van der Waals surface area contributed by atoms with Gasteiger partial charge in [0.1, 0.15) is 0 Å². The standard InChI is InChI=1S/C15H12ClIO/c1-10-2-3-11(8-14(10)16)9-15(18)12-4-6-13(17)7-5-12/h2-8H,9H2,1H3. The fourth-order valence-electron chi connectivity index (χ4n) is 1.67. The van der Waals surface area contributed by atoms with Crippen LogP contribution in [0.4, 0.5) is 0 Å². The van der Waals surface area contributed by atoms with Crippen molar-refractivity contribution < 1.29 is 4.79 Å². The summed E-state index contributed by atoms with van der Waals surface area (Å²) in [5.74, 6) is 0.117. The van der Waals surface area contributed by atoms with Crippen molar-refractivity contribution in [1.82, 2.24) is 0 Å². The van der Waals surface area contributed by atoms with Crippen LogP contribution in [0, 0.1) is 10.5 Å². The molecule has 2 aromatic rings. The molecule has 0 amide bonds. The van der Waals surface area contributed by atoms with Gasteiger partial charge in [-0.15, -0.1) is 0 Å². The van der Waals surface area contributed by atoms with Crippen LogP contribution in [0.15, 0.2) is 42.5 Å². The first-order valence-electron chi connectivity index (χ1n) is 5.60. The van der Waals surface area contributed by atoms with Gasteiger partial charge < -0.3 is 0 Å². The van der Waals surface area contributed by atoms with Gasteiger partial charge in [-0.05, 0) is 58.8 Å². The molecule has 0 N–H and O–H groups in total.